The number of aromatic nitrogens is 6. The molecule has 0 radical (unpaired) electrons. The van der Waals surface area contributed by atoms with Crippen molar-refractivity contribution >= 4 is 27.6 Å². The molecule has 4 aromatic heterocycles. The molecule has 0 aliphatic carbocycles. The van der Waals surface area contributed by atoms with Crippen LogP contribution >= 0.6 is 0 Å². The number of fused-ring (bicyclic) bond motifs is 2. The van der Waals surface area contributed by atoms with Gasteiger partial charge in [0.25, 0.3) is 11.1 Å². The van der Waals surface area contributed by atoms with Crippen LogP contribution in [0, 0.1) is 11.6 Å². The Hall–Kier alpha value is -6.88. The molecule has 0 fully saturated rings. The minimum atomic E-state index is -0.449. The van der Waals surface area contributed by atoms with Gasteiger partial charge in [0, 0.05) is 43.2 Å². The van der Waals surface area contributed by atoms with Crippen molar-refractivity contribution in [2.75, 3.05) is 19.0 Å². The van der Waals surface area contributed by atoms with Crippen molar-refractivity contribution in [2.45, 2.75) is 13.1 Å². The Balaban J connectivity index is 1.02. The van der Waals surface area contributed by atoms with E-state index in [2.05, 4.69) is 19.9 Å². The van der Waals surface area contributed by atoms with Gasteiger partial charge >= 0.3 is 0 Å². The predicted molar refractivity (Wildman–Crippen MR) is 203 cm³/mol. The summed E-state index contributed by atoms with van der Waals surface area (Å²) in [7, 11) is 3.79. The number of anilines is 1. The number of hydrogen-bond acceptors (Lipinski definition) is 7. The minimum absolute atomic E-state index is 0.0176. The monoisotopic (exact) mass is 703 g/mol. The van der Waals surface area contributed by atoms with Gasteiger partial charge in [-0.1, -0.05) is 42.5 Å². The summed E-state index contributed by atoms with van der Waals surface area (Å²) in [6.07, 6.45) is 6.18. The summed E-state index contributed by atoms with van der Waals surface area (Å²) in [6, 6.07) is 29.5. The van der Waals surface area contributed by atoms with Crippen molar-refractivity contribution in [3.8, 4) is 33.5 Å². The summed E-state index contributed by atoms with van der Waals surface area (Å²) in [6.45, 7) is 0.0610. The van der Waals surface area contributed by atoms with Crippen LogP contribution in [0.25, 0.3) is 55.3 Å². The number of halogens is 2. The predicted octanol–water partition coefficient (Wildman–Crippen LogP) is 7.34. The number of nitrogens with zero attached hydrogens (tertiary/aromatic N) is 7. The summed E-state index contributed by atoms with van der Waals surface area (Å²) in [5, 5.41) is 0.861. The van der Waals surface area contributed by atoms with Crippen LogP contribution in [0.4, 0.5) is 14.6 Å². The zero-order valence-corrected chi connectivity index (χ0v) is 28.7. The molecule has 0 unspecified atom stereocenters. The first-order chi connectivity index (χ1) is 25.7. The number of pyridine rings is 2. The normalized spacial score (nSPS) is 11.3. The van der Waals surface area contributed by atoms with Crippen molar-refractivity contribution in [3.05, 3.63) is 172 Å². The highest BCUT2D eigenvalue weighted by atomic mass is 19.1. The molecule has 0 N–H and O–H groups in total. The molecule has 0 saturated heterocycles. The Morgan fingerprint density at radius 2 is 1.09 bits per heavy atom. The van der Waals surface area contributed by atoms with E-state index < -0.39 is 11.6 Å². The zero-order valence-electron chi connectivity index (χ0n) is 28.7. The standard InChI is InChI=1S/C42H31F2N7O2/c1-49(2)40-21-29(14-16-46-40)27-8-10-32(36(44)18-27)23-51-25-48-39-20-30(11-12-34(39)42(51)53)38-19-28(13-15-45-38)26-7-9-31(35(43)17-26)22-50-24-47-37-6-4-3-5-33(37)41(50)52/h3-21,24-25H,22-23H2,1-2H3. The summed E-state index contributed by atoms with van der Waals surface area (Å²) in [5.41, 5.74) is 5.51. The maximum absolute atomic E-state index is 15.4. The SMILES string of the molecule is CN(C)c1cc(-c2ccc(Cn3cnc4cc(-c5cc(-c6ccc(Cn7cnc8ccccc8c7=O)c(F)c6)ccn5)ccc4c3=O)c(F)c2)ccn1. The van der Waals surface area contributed by atoms with Gasteiger partial charge in [0.15, 0.2) is 0 Å². The fourth-order valence-corrected chi connectivity index (χ4v) is 6.34. The summed E-state index contributed by atoms with van der Waals surface area (Å²) in [5.74, 6) is -0.109. The molecular formula is C42H31F2N7O2. The lowest BCUT2D eigenvalue weighted by Crippen LogP contribution is -2.21. The van der Waals surface area contributed by atoms with Gasteiger partial charge in [-0.3, -0.25) is 23.7 Å². The topological polar surface area (TPSA) is 98.8 Å². The third kappa shape index (κ3) is 6.56. The van der Waals surface area contributed by atoms with Crippen molar-refractivity contribution in [1.82, 2.24) is 29.1 Å². The molecule has 0 aliphatic heterocycles. The Bertz CT molecular complexity index is 2810. The fraction of sp³-hybridized carbons (Fsp3) is 0.0952. The van der Waals surface area contributed by atoms with E-state index in [1.54, 1.807) is 73.1 Å². The molecule has 0 saturated carbocycles. The van der Waals surface area contributed by atoms with Crippen LogP contribution in [0.2, 0.25) is 0 Å². The van der Waals surface area contributed by atoms with E-state index in [-0.39, 0.29) is 24.2 Å². The van der Waals surface area contributed by atoms with E-state index >= 15 is 8.78 Å². The molecule has 53 heavy (non-hydrogen) atoms. The highest BCUT2D eigenvalue weighted by molar-refractivity contribution is 5.83. The van der Waals surface area contributed by atoms with Crippen molar-refractivity contribution in [1.29, 1.82) is 0 Å². The molecular weight excluding hydrogens is 673 g/mol. The quantitative estimate of drug-likeness (QED) is 0.163. The van der Waals surface area contributed by atoms with Gasteiger partial charge in [-0.05, 0) is 82.9 Å². The van der Waals surface area contributed by atoms with E-state index in [0.717, 1.165) is 22.5 Å². The van der Waals surface area contributed by atoms with Crippen LogP contribution < -0.4 is 16.0 Å². The second-order valence-electron chi connectivity index (χ2n) is 12.9. The van der Waals surface area contributed by atoms with Gasteiger partial charge < -0.3 is 4.90 Å². The maximum Gasteiger partial charge on any atom is 0.261 e. The van der Waals surface area contributed by atoms with Gasteiger partial charge in [0.05, 0.1) is 53.2 Å². The first kappa shape index (κ1) is 33.3. The highest BCUT2D eigenvalue weighted by Gasteiger charge is 2.14. The minimum Gasteiger partial charge on any atom is -0.363 e. The summed E-state index contributed by atoms with van der Waals surface area (Å²) < 4.78 is 33.5. The molecule has 0 bridgehead atoms. The van der Waals surface area contributed by atoms with Crippen LogP contribution in [-0.2, 0) is 13.1 Å². The third-order valence-electron chi connectivity index (χ3n) is 9.27. The fourth-order valence-electron chi connectivity index (χ4n) is 6.34. The van der Waals surface area contributed by atoms with Crippen LogP contribution in [-0.4, -0.2) is 43.2 Å². The van der Waals surface area contributed by atoms with Gasteiger partial charge in [-0.15, -0.1) is 0 Å². The van der Waals surface area contributed by atoms with Crippen LogP contribution in [0.1, 0.15) is 11.1 Å². The number of para-hydroxylation sites is 1. The lowest BCUT2D eigenvalue weighted by molar-refractivity contribution is 0.595. The van der Waals surface area contributed by atoms with Gasteiger partial charge in [0.2, 0.25) is 0 Å². The molecule has 11 heteroatoms. The smallest absolute Gasteiger partial charge is 0.261 e. The molecule has 0 spiro atoms. The lowest BCUT2D eigenvalue weighted by atomic mass is 10.0. The number of hydrogen-bond donors (Lipinski definition) is 0. The van der Waals surface area contributed by atoms with E-state index in [0.29, 0.717) is 49.8 Å². The molecule has 4 heterocycles. The van der Waals surface area contributed by atoms with E-state index in [1.165, 1.54) is 33.9 Å². The lowest BCUT2D eigenvalue weighted by Gasteiger charge is -2.13. The van der Waals surface area contributed by atoms with Crippen LogP contribution in [0.15, 0.2) is 138 Å². The van der Waals surface area contributed by atoms with E-state index in [4.69, 9.17) is 0 Å². The summed E-state index contributed by atoms with van der Waals surface area (Å²) in [4.78, 5) is 46.0. The molecule has 8 aromatic rings. The van der Waals surface area contributed by atoms with E-state index in [1.807, 2.05) is 49.3 Å². The number of rotatable bonds is 8. The maximum atomic E-state index is 15.4. The van der Waals surface area contributed by atoms with Crippen molar-refractivity contribution in [3.63, 3.8) is 0 Å². The molecule has 0 amide bonds. The summed E-state index contributed by atoms with van der Waals surface area (Å²) >= 11 is 0. The Kier molecular flexibility index (Phi) is 8.59. The van der Waals surface area contributed by atoms with Crippen molar-refractivity contribution < 1.29 is 8.78 Å². The Morgan fingerprint density at radius 3 is 1.74 bits per heavy atom. The van der Waals surface area contributed by atoms with Crippen LogP contribution in [0.3, 0.4) is 0 Å². The third-order valence-corrected chi connectivity index (χ3v) is 9.27. The van der Waals surface area contributed by atoms with Gasteiger partial charge in [-0.25, -0.2) is 23.7 Å². The molecule has 8 rings (SSSR count). The highest BCUT2D eigenvalue weighted by Crippen LogP contribution is 2.28. The largest absolute Gasteiger partial charge is 0.363 e. The van der Waals surface area contributed by atoms with Crippen molar-refractivity contribution in [2.24, 2.45) is 0 Å². The average Bonchev–Trinajstić information content (AvgIpc) is 3.18. The Morgan fingerprint density at radius 1 is 0.547 bits per heavy atom. The molecule has 0 atom stereocenters. The first-order valence-electron chi connectivity index (χ1n) is 16.8. The Labute approximate surface area is 302 Å². The first-order valence-corrected chi connectivity index (χ1v) is 16.8. The number of benzene rings is 4. The zero-order chi connectivity index (χ0) is 36.6. The average molecular weight is 704 g/mol. The molecule has 260 valence electrons. The second-order valence-corrected chi connectivity index (χ2v) is 12.9. The van der Waals surface area contributed by atoms with Crippen LogP contribution in [0.5, 0.6) is 0 Å². The molecule has 9 nitrogen and oxygen atoms in total. The second kappa shape index (κ2) is 13.7. The van der Waals surface area contributed by atoms with Gasteiger partial charge in [-0.2, -0.15) is 0 Å². The molecule has 4 aromatic carbocycles. The van der Waals surface area contributed by atoms with E-state index in [9.17, 15) is 9.59 Å². The van der Waals surface area contributed by atoms with Gasteiger partial charge in [0.1, 0.15) is 17.5 Å². The molecule has 0 aliphatic rings.